The fourth-order valence-electron chi connectivity index (χ4n) is 5.79. The summed E-state index contributed by atoms with van der Waals surface area (Å²) in [5, 5.41) is 19.9. The first-order chi connectivity index (χ1) is 15.1. The Morgan fingerprint density at radius 3 is 2.45 bits per heavy atom. The Balaban J connectivity index is 1.97. The van der Waals surface area contributed by atoms with Crippen LogP contribution in [0.15, 0.2) is 24.3 Å². The Hall–Kier alpha value is -1.08. The Labute approximate surface area is 212 Å². The summed E-state index contributed by atoms with van der Waals surface area (Å²) in [6.07, 6.45) is 1.81. The zero-order valence-corrected chi connectivity index (χ0v) is 22.3. The van der Waals surface area contributed by atoms with E-state index < -0.39 is 38.8 Å². The van der Waals surface area contributed by atoms with Crippen molar-refractivity contribution in [2.45, 2.75) is 79.7 Å². The maximum Gasteiger partial charge on any atom is 0.198 e. The van der Waals surface area contributed by atoms with Gasteiger partial charge >= 0.3 is 0 Å². The third-order valence-electron chi connectivity index (χ3n) is 8.00. The lowest BCUT2D eigenvalue weighted by Crippen LogP contribution is -2.73. The van der Waals surface area contributed by atoms with E-state index in [9.17, 15) is 19.8 Å². The normalized spacial score (nSPS) is 37.4. The number of alkyl halides is 3. The zero-order chi connectivity index (χ0) is 24.7. The van der Waals surface area contributed by atoms with E-state index in [0.717, 1.165) is 24.5 Å². The molecule has 2 fully saturated rings. The first kappa shape index (κ1) is 25.0. The largest absolute Gasteiger partial charge is 0.508 e. The molecular formula is C25H29BrCl2O5. The van der Waals surface area contributed by atoms with Gasteiger partial charge in [0.15, 0.2) is 17.2 Å². The van der Waals surface area contributed by atoms with Crippen molar-refractivity contribution < 1.29 is 24.5 Å². The summed E-state index contributed by atoms with van der Waals surface area (Å²) in [6.45, 7) is 12.1. The molecule has 1 aliphatic heterocycles. The van der Waals surface area contributed by atoms with Crippen LogP contribution in [0, 0.1) is 11.3 Å². The van der Waals surface area contributed by atoms with E-state index in [1.165, 1.54) is 6.07 Å². The summed E-state index contributed by atoms with van der Waals surface area (Å²) < 4.78 is 6.53. The number of fused-ring (bicyclic) bond motifs is 2. The minimum Gasteiger partial charge on any atom is -0.508 e. The molecule has 1 heterocycles. The van der Waals surface area contributed by atoms with Crippen molar-refractivity contribution in [3.63, 3.8) is 0 Å². The number of carbonyl (C=O) groups excluding carboxylic acids is 2. The van der Waals surface area contributed by atoms with Crippen LogP contribution >= 0.6 is 39.1 Å². The smallest absolute Gasteiger partial charge is 0.198 e. The molecule has 3 aliphatic rings. The maximum atomic E-state index is 14.2. The van der Waals surface area contributed by atoms with E-state index >= 15 is 0 Å². The highest BCUT2D eigenvalue weighted by Gasteiger charge is 2.71. The Bertz CT molecular complexity index is 1070. The lowest BCUT2D eigenvalue weighted by Gasteiger charge is -2.59. The molecule has 5 nitrogen and oxygen atoms in total. The predicted octanol–water partition coefficient (Wildman–Crippen LogP) is 6.15. The highest BCUT2D eigenvalue weighted by atomic mass is 79.9. The van der Waals surface area contributed by atoms with Gasteiger partial charge in [0.05, 0.1) is 16.5 Å². The number of halogens is 3. The number of phenolic OH excluding ortho intramolecular Hbond substituents is 2. The summed E-state index contributed by atoms with van der Waals surface area (Å²) in [7, 11) is 0. The molecule has 1 aromatic carbocycles. The fourth-order valence-corrected chi connectivity index (χ4v) is 7.15. The molecule has 0 radical (unpaired) electrons. The summed E-state index contributed by atoms with van der Waals surface area (Å²) in [5.41, 5.74) is -2.31. The molecule has 4 rings (SSSR count). The Morgan fingerprint density at radius 1 is 1.18 bits per heavy atom. The minimum absolute atomic E-state index is 0.00912. The van der Waals surface area contributed by atoms with Gasteiger partial charge in [-0.2, -0.15) is 0 Å². The number of phenols is 2. The predicted molar refractivity (Wildman–Crippen MR) is 132 cm³/mol. The van der Waals surface area contributed by atoms with Crippen molar-refractivity contribution in [1.82, 2.24) is 0 Å². The van der Waals surface area contributed by atoms with Crippen LogP contribution in [0.5, 0.6) is 11.5 Å². The molecule has 8 heteroatoms. The second-order valence-electron chi connectivity index (χ2n) is 10.8. The highest BCUT2D eigenvalue weighted by Crippen LogP contribution is 2.60. The van der Waals surface area contributed by atoms with Gasteiger partial charge in [-0.15, -0.1) is 23.2 Å². The molecule has 2 N–H and O–H groups in total. The number of allylic oxidation sites excluding steroid dienone is 1. The molecule has 33 heavy (non-hydrogen) atoms. The first-order valence-electron chi connectivity index (χ1n) is 11.1. The molecule has 0 bridgehead atoms. The summed E-state index contributed by atoms with van der Waals surface area (Å²) in [5.74, 6) is -2.14. The van der Waals surface area contributed by atoms with Gasteiger partial charge in [0.25, 0.3) is 0 Å². The van der Waals surface area contributed by atoms with Crippen LogP contribution in [0.4, 0.5) is 0 Å². The van der Waals surface area contributed by atoms with E-state index in [-0.39, 0.29) is 45.9 Å². The quantitative estimate of drug-likeness (QED) is 0.335. The van der Waals surface area contributed by atoms with Crippen molar-refractivity contribution in [1.29, 1.82) is 0 Å². The monoisotopic (exact) mass is 558 g/mol. The molecule has 0 aromatic heterocycles. The standard InChI is InChI=1S/C25H29BrCl2O5/c1-12-6-7-17(26)22(2,3)15(12)10-25-20(31)14-8-13(29)9-16(30)19(14)21(32)24(25,28)11-18(27)23(4,5)33-25/h8-9,15,17-18,29-30H,1,6-7,10-11H2,2-5H3/t15?,17?,18-,24+,25+/m1/s1. The topological polar surface area (TPSA) is 83.8 Å². The average molecular weight is 560 g/mol. The van der Waals surface area contributed by atoms with Gasteiger partial charge in [-0.05, 0) is 56.9 Å². The van der Waals surface area contributed by atoms with Gasteiger partial charge in [-0.1, -0.05) is 41.9 Å². The van der Waals surface area contributed by atoms with Gasteiger partial charge in [0, 0.05) is 16.5 Å². The van der Waals surface area contributed by atoms with E-state index in [4.69, 9.17) is 27.9 Å². The summed E-state index contributed by atoms with van der Waals surface area (Å²) >= 11 is 17.6. The van der Waals surface area contributed by atoms with Gasteiger partial charge in [0.2, 0.25) is 0 Å². The maximum absolute atomic E-state index is 14.2. The molecule has 180 valence electrons. The minimum atomic E-state index is -1.82. The third kappa shape index (κ3) is 3.42. The van der Waals surface area contributed by atoms with E-state index in [1.807, 2.05) is 0 Å². The molecule has 2 unspecified atom stereocenters. The van der Waals surface area contributed by atoms with Crippen LogP contribution < -0.4 is 0 Å². The first-order valence-corrected chi connectivity index (χ1v) is 12.8. The molecule has 1 saturated heterocycles. The van der Waals surface area contributed by atoms with E-state index in [2.05, 4.69) is 36.4 Å². The number of ether oxygens (including phenoxy) is 1. The molecule has 0 spiro atoms. The number of benzene rings is 1. The molecule has 2 aliphatic carbocycles. The van der Waals surface area contributed by atoms with Gasteiger partial charge in [0.1, 0.15) is 16.4 Å². The average Bonchev–Trinajstić information content (AvgIpc) is 2.69. The van der Waals surface area contributed by atoms with Crippen LogP contribution in [0.3, 0.4) is 0 Å². The molecule has 1 saturated carbocycles. The van der Waals surface area contributed by atoms with Crippen LogP contribution in [-0.4, -0.2) is 48.1 Å². The second kappa shape index (κ2) is 7.71. The third-order valence-corrected chi connectivity index (χ3v) is 11.0. The van der Waals surface area contributed by atoms with E-state index in [1.54, 1.807) is 13.8 Å². The number of ketones is 2. The van der Waals surface area contributed by atoms with Crippen LogP contribution in [-0.2, 0) is 4.74 Å². The number of carbonyl (C=O) groups is 2. The Kier molecular flexibility index (Phi) is 5.85. The second-order valence-corrected chi connectivity index (χ2v) is 13.1. The lowest BCUT2D eigenvalue weighted by molar-refractivity contribution is -0.169. The molecule has 5 atom stereocenters. The number of rotatable bonds is 2. The number of aromatic hydroxyl groups is 2. The number of hydrogen-bond acceptors (Lipinski definition) is 5. The molecular weight excluding hydrogens is 531 g/mol. The molecule has 0 amide bonds. The van der Waals surface area contributed by atoms with Crippen LogP contribution in [0.2, 0.25) is 0 Å². The van der Waals surface area contributed by atoms with Crippen molar-refractivity contribution in [3.8, 4) is 11.5 Å². The summed E-state index contributed by atoms with van der Waals surface area (Å²) in [4.78, 5) is 26.5. The Morgan fingerprint density at radius 2 is 1.82 bits per heavy atom. The highest BCUT2D eigenvalue weighted by molar-refractivity contribution is 9.09. The van der Waals surface area contributed by atoms with Gasteiger partial charge in [-0.25, -0.2) is 0 Å². The van der Waals surface area contributed by atoms with Crippen LogP contribution in [0.25, 0.3) is 0 Å². The van der Waals surface area contributed by atoms with Crippen LogP contribution in [0.1, 0.15) is 74.1 Å². The van der Waals surface area contributed by atoms with Crippen molar-refractivity contribution in [2.75, 3.05) is 0 Å². The van der Waals surface area contributed by atoms with E-state index in [0.29, 0.717) is 0 Å². The number of Topliss-reactive ketones (excluding diaryl/α,β-unsaturated/α-hetero) is 2. The van der Waals surface area contributed by atoms with Crippen molar-refractivity contribution >= 4 is 50.7 Å². The zero-order valence-electron chi connectivity index (χ0n) is 19.2. The molecule has 1 aromatic rings. The van der Waals surface area contributed by atoms with Crippen molar-refractivity contribution in [3.05, 3.63) is 35.4 Å². The fraction of sp³-hybridized carbons (Fsp3) is 0.600. The lowest BCUT2D eigenvalue weighted by atomic mass is 9.57. The van der Waals surface area contributed by atoms with Crippen molar-refractivity contribution in [2.24, 2.45) is 11.3 Å². The van der Waals surface area contributed by atoms with Gasteiger partial charge in [-0.3, -0.25) is 9.59 Å². The SMILES string of the molecule is C=C1CCC(Br)C(C)(C)C1C[C@@]12OC(C)(C)[C@H](Cl)C[C@]1(Cl)C(=O)c1c(O)cc(O)cc1C2=O. The van der Waals surface area contributed by atoms with Gasteiger partial charge < -0.3 is 14.9 Å². The number of hydrogen-bond donors (Lipinski definition) is 2. The summed E-state index contributed by atoms with van der Waals surface area (Å²) in [6, 6.07) is 2.23.